The standard InChI is InChI=1S/C20H28N4O8/c1-10(2)17(21)19(30)22-9-15(26)23-13(8-16(27)28)18(29)24-14(20(31)32)7-11-3-5-12(25)6-4-11/h3-6,10,13-14,17,25H,7-9,21H2,1-2H3,(H,22,30)(H,23,26)(H,24,29)(H,27,28)(H,31,32). The molecule has 1 aromatic rings. The summed E-state index contributed by atoms with van der Waals surface area (Å²) in [5, 5.41) is 34.4. The number of carbonyl (C=O) groups excluding carboxylic acids is 3. The molecule has 0 fully saturated rings. The van der Waals surface area contributed by atoms with E-state index in [1.54, 1.807) is 13.8 Å². The van der Waals surface area contributed by atoms with Crippen LogP contribution in [0.1, 0.15) is 25.8 Å². The fourth-order valence-electron chi connectivity index (χ4n) is 2.56. The first-order valence-corrected chi connectivity index (χ1v) is 9.76. The number of aliphatic carboxylic acids is 2. The Bertz CT molecular complexity index is 841. The van der Waals surface area contributed by atoms with Crippen molar-refractivity contribution in [3.8, 4) is 5.75 Å². The van der Waals surface area contributed by atoms with Crippen molar-refractivity contribution in [2.24, 2.45) is 11.7 Å². The van der Waals surface area contributed by atoms with E-state index in [4.69, 9.17) is 10.8 Å². The van der Waals surface area contributed by atoms with Crippen LogP contribution in [0.3, 0.4) is 0 Å². The number of benzene rings is 1. The number of phenols is 1. The van der Waals surface area contributed by atoms with Crippen molar-refractivity contribution in [3.05, 3.63) is 29.8 Å². The summed E-state index contributed by atoms with van der Waals surface area (Å²) in [5.41, 5.74) is 6.16. The lowest BCUT2D eigenvalue weighted by atomic mass is 10.0. The zero-order valence-electron chi connectivity index (χ0n) is 17.7. The highest BCUT2D eigenvalue weighted by Crippen LogP contribution is 2.11. The summed E-state index contributed by atoms with van der Waals surface area (Å²) in [7, 11) is 0. The summed E-state index contributed by atoms with van der Waals surface area (Å²) in [6.45, 7) is 2.89. The summed E-state index contributed by atoms with van der Waals surface area (Å²) < 4.78 is 0. The van der Waals surface area contributed by atoms with Crippen molar-refractivity contribution < 1.29 is 39.3 Å². The average Bonchev–Trinajstić information content (AvgIpc) is 2.71. The van der Waals surface area contributed by atoms with E-state index in [0.29, 0.717) is 5.56 Å². The van der Waals surface area contributed by atoms with Gasteiger partial charge in [-0.3, -0.25) is 19.2 Å². The Kier molecular flexibility index (Phi) is 10.1. The van der Waals surface area contributed by atoms with Crippen LogP contribution in [-0.4, -0.2) is 69.7 Å². The van der Waals surface area contributed by atoms with E-state index in [-0.39, 0.29) is 18.1 Å². The molecule has 3 unspecified atom stereocenters. The molecule has 1 aromatic carbocycles. The van der Waals surface area contributed by atoms with Crippen LogP contribution < -0.4 is 21.7 Å². The van der Waals surface area contributed by atoms with Gasteiger partial charge >= 0.3 is 11.9 Å². The number of rotatable bonds is 12. The minimum atomic E-state index is -1.57. The van der Waals surface area contributed by atoms with Crippen LogP contribution in [0.15, 0.2) is 24.3 Å². The molecule has 3 atom stereocenters. The van der Waals surface area contributed by atoms with Gasteiger partial charge in [0.2, 0.25) is 17.7 Å². The molecule has 0 saturated heterocycles. The predicted octanol–water partition coefficient (Wildman–Crippen LogP) is -1.44. The molecule has 0 bridgehead atoms. The third-order valence-electron chi connectivity index (χ3n) is 4.47. The Hall–Kier alpha value is -3.67. The van der Waals surface area contributed by atoms with Gasteiger partial charge in [0.25, 0.3) is 0 Å². The van der Waals surface area contributed by atoms with E-state index in [1.165, 1.54) is 24.3 Å². The van der Waals surface area contributed by atoms with Gasteiger partial charge in [0.15, 0.2) is 0 Å². The molecule has 176 valence electrons. The van der Waals surface area contributed by atoms with Crippen molar-refractivity contribution in [3.63, 3.8) is 0 Å². The number of hydrogen-bond acceptors (Lipinski definition) is 7. The lowest BCUT2D eigenvalue weighted by Crippen LogP contribution is -2.55. The zero-order valence-corrected chi connectivity index (χ0v) is 17.7. The fraction of sp³-hybridized carbons (Fsp3) is 0.450. The molecule has 12 heteroatoms. The topological polar surface area (TPSA) is 208 Å². The largest absolute Gasteiger partial charge is 0.508 e. The lowest BCUT2D eigenvalue weighted by molar-refractivity contribution is -0.143. The molecule has 32 heavy (non-hydrogen) atoms. The number of amides is 3. The van der Waals surface area contributed by atoms with E-state index in [9.17, 15) is 34.2 Å². The Morgan fingerprint density at radius 1 is 0.938 bits per heavy atom. The number of carboxylic acid groups (broad SMARTS) is 2. The molecule has 0 heterocycles. The number of carboxylic acids is 2. The van der Waals surface area contributed by atoms with Gasteiger partial charge in [-0.1, -0.05) is 26.0 Å². The maximum atomic E-state index is 12.5. The molecule has 8 N–H and O–H groups in total. The molecular formula is C20H28N4O8. The van der Waals surface area contributed by atoms with Crippen molar-refractivity contribution in [2.75, 3.05) is 6.54 Å². The van der Waals surface area contributed by atoms with Crippen LogP contribution in [0, 0.1) is 5.92 Å². The Labute approximate surface area is 184 Å². The van der Waals surface area contributed by atoms with Crippen LogP contribution in [0.4, 0.5) is 0 Å². The molecule has 0 aliphatic heterocycles. The molecule has 0 saturated carbocycles. The van der Waals surface area contributed by atoms with Crippen LogP contribution >= 0.6 is 0 Å². The maximum absolute atomic E-state index is 12.5. The number of phenolic OH excluding ortho intramolecular Hbond substituents is 1. The van der Waals surface area contributed by atoms with Crippen LogP contribution in [0.5, 0.6) is 5.75 Å². The first kappa shape index (κ1) is 26.4. The van der Waals surface area contributed by atoms with Gasteiger partial charge in [0.05, 0.1) is 19.0 Å². The van der Waals surface area contributed by atoms with E-state index in [2.05, 4.69) is 16.0 Å². The molecule has 0 spiro atoms. The normalized spacial score (nSPS) is 13.5. The Morgan fingerprint density at radius 3 is 2.03 bits per heavy atom. The van der Waals surface area contributed by atoms with Crippen LogP contribution in [0.25, 0.3) is 0 Å². The maximum Gasteiger partial charge on any atom is 0.326 e. The third-order valence-corrected chi connectivity index (χ3v) is 4.47. The van der Waals surface area contributed by atoms with Gasteiger partial charge in [-0.15, -0.1) is 0 Å². The second-order valence-electron chi connectivity index (χ2n) is 7.48. The van der Waals surface area contributed by atoms with Gasteiger partial charge in [-0.2, -0.15) is 0 Å². The number of nitrogens with two attached hydrogens (primary N) is 1. The van der Waals surface area contributed by atoms with Gasteiger partial charge in [0, 0.05) is 6.42 Å². The molecular weight excluding hydrogens is 424 g/mol. The first-order chi connectivity index (χ1) is 14.9. The van der Waals surface area contributed by atoms with Crippen molar-refractivity contribution >= 4 is 29.7 Å². The minimum Gasteiger partial charge on any atom is -0.508 e. The highest BCUT2D eigenvalue weighted by Gasteiger charge is 2.29. The summed E-state index contributed by atoms with van der Waals surface area (Å²) in [5.74, 6) is -5.42. The highest BCUT2D eigenvalue weighted by molar-refractivity contribution is 5.94. The molecule has 0 aliphatic carbocycles. The second-order valence-corrected chi connectivity index (χ2v) is 7.48. The average molecular weight is 452 g/mol. The van der Waals surface area contributed by atoms with Crippen molar-refractivity contribution in [2.45, 2.75) is 44.8 Å². The quantitative estimate of drug-likeness (QED) is 0.198. The molecule has 1 rings (SSSR count). The van der Waals surface area contributed by atoms with Gasteiger partial charge in [0.1, 0.15) is 17.8 Å². The number of carbonyl (C=O) groups is 5. The number of nitrogens with one attached hydrogen (secondary N) is 3. The van der Waals surface area contributed by atoms with E-state index >= 15 is 0 Å². The zero-order chi connectivity index (χ0) is 24.4. The van der Waals surface area contributed by atoms with Crippen LogP contribution in [0.2, 0.25) is 0 Å². The Morgan fingerprint density at radius 2 is 1.53 bits per heavy atom. The fourth-order valence-corrected chi connectivity index (χ4v) is 2.56. The lowest BCUT2D eigenvalue weighted by Gasteiger charge is -2.21. The third kappa shape index (κ3) is 9.00. The van der Waals surface area contributed by atoms with Crippen molar-refractivity contribution in [1.82, 2.24) is 16.0 Å². The summed E-state index contributed by atoms with van der Waals surface area (Å²) in [6, 6.07) is 1.81. The van der Waals surface area contributed by atoms with E-state index in [1.807, 2.05) is 0 Å². The molecule has 12 nitrogen and oxygen atoms in total. The summed E-state index contributed by atoms with van der Waals surface area (Å²) in [4.78, 5) is 59.1. The smallest absolute Gasteiger partial charge is 0.326 e. The van der Waals surface area contributed by atoms with Crippen LogP contribution in [-0.2, 0) is 30.4 Å². The van der Waals surface area contributed by atoms with Gasteiger partial charge in [-0.25, -0.2) is 4.79 Å². The molecule has 3 amide bonds. The predicted molar refractivity (Wildman–Crippen MR) is 111 cm³/mol. The highest BCUT2D eigenvalue weighted by atomic mass is 16.4. The second kappa shape index (κ2) is 12.2. The van der Waals surface area contributed by atoms with E-state index < -0.39 is 60.8 Å². The Balaban J connectivity index is 2.79. The first-order valence-electron chi connectivity index (χ1n) is 9.76. The summed E-state index contributed by atoms with van der Waals surface area (Å²) >= 11 is 0. The van der Waals surface area contributed by atoms with Gasteiger partial charge in [-0.05, 0) is 23.6 Å². The number of aromatic hydroxyl groups is 1. The molecule has 0 aliphatic rings. The number of hydrogen-bond donors (Lipinski definition) is 7. The minimum absolute atomic E-state index is 0.0182. The monoisotopic (exact) mass is 452 g/mol. The SMILES string of the molecule is CC(C)C(N)C(=O)NCC(=O)NC(CC(=O)O)C(=O)NC(Cc1ccc(O)cc1)C(=O)O. The van der Waals surface area contributed by atoms with Crippen molar-refractivity contribution in [1.29, 1.82) is 0 Å². The molecule has 0 radical (unpaired) electrons. The molecule has 0 aromatic heterocycles. The van der Waals surface area contributed by atoms with Gasteiger partial charge < -0.3 is 37.0 Å². The van der Waals surface area contributed by atoms with E-state index in [0.717, 1.165) is 0 Å². The summed E-state index contributed by atoms with van der Waals surface area (Å²) in [6.07, 6.45) is -0.944.